The van der Waals surface area contributed by atoms with Crippen LogP contribution in [0.1, 0.15) is 55.4 Å². The number of nitrogens with two attached hydrogens (primary N) is 22. The molecule has 0 heterocycles. The lowest BCUT2D eigenvalue weighted by molar-refractivity contribution is -0.140. The molecule has 0 aromatic carbocycles. The molecule has 0 saturated heterocycles. The first-order valence-electron chi connectivity index (χ1n) is 45.0. The zero-order chi connectivity index (χ0) is 96.3. The van der Waals surface area contributed by atoms with Crippen LogP contribution < -0.4 is 126 Å². The first kappa shape index (κ1) is 134. The van der Waals surface area contributed by atoms with Crippen LogP contribution in [0, 0.1) is 32.5 Å². The van der Waals surface area contributed by atoms with Crippen LogP contribution in [0.15, 0.2) is 0 Å². The molecule has 127 heavy (non-hydrogen) atoms. The monoisotopic (exact) mass is 1860 g/mol. The molecule has 0 fully saturated rings. The van der Waals surface area contributed by atoms with Crippen molar-refractivity contribution in [1.82, 2.24) is 0 Å². The maximum absolute atomic E-state index is 6.28. The van der Waals surface area contributed by atoms with E-state index in [1.807, 2.05) is 55.4 Å². The molecule has 0 spiro atoms. The number of ether oxygens (including phenoxy) is 23. The minimum absolute atomic E-state index is 0.0438. The molecule has 8 atom stereocenters. The van der Waals surface area contributed by atoms with Gasteiger partial charge in [0, 0.05) is 140 Å². The predicted molar refractivity (Wildman–Crippen MR) is 499 cm³/mol. The summed E-state index contributed by atoms with van der Waals surface area (Å²) < 4.78 is 132. The van der Waals surface area contributed by atoms with Crippen molar-refractivity contribution in [1.29, 1.82) is 0 Å². The summed E-state index contributed by atoms with van der Waals surface area (Å²) in [6.45, 7) is 40.6. The zero-order valence-electron chi connectivity index (χ0n) is 80.1. The van der Waals surface area contributed by atoms with Crippen LogP contribution in [-0.2, 0) is 109 Å². The molecule has 0 amide bonds. The molecular formula is C82H196N22O23. The van der Waals surface area contributed by atoms with E-state index in [0.717, 1.165) is 0 Å². The van der Waals surface area contributed by atoms with Crippen molar-refractivity contribution in [2.45, 2.75) is 104 Å². The summed E-state index contributed by atoms with van der Waals surface area (Å²) in [4.78, 5) is 0. The van der Waals surface area contributed by atoms with Crippen molar-refractivity contribution in [2.75, 3.05) is 396 Å². The standard InChI is InChI=1S/C22H52N6O7.2C17H40N4O4.2C13H32N4O4/c23-1-7-29-13-21(14-30-8-2-24,15-31-9-3-25)19-35-20-22(16-32-10-4-26,17-33-11-5-27)18-34-12-6-28;2*1-13(18)5-22-9-17(10-23-6-14(2)19,11-24-7-15(3)20)12-25-8-16(4)21;2*14-1-5-18-9-13(10-19-6-2-15,11-20-7-3-16)12-21-8-4-17/h1-20,23-28H2;2*13-16H,5-12,18-21H2,1-4H3;2*1-12,14-17H2. The highest BCUT2D eigenvalue weighted by atomic mass is 16.6. The Morgan fingerprint density at radius 3 is 0.268 bits per heavy atom. The van der Waals surface area contributed by atoms with E-state index in [1.165, 1.54) is 0 Å². The summed E-state index contributed by atoms with van der Waals surface area (Å²) >= 11 is 0. The predicted octanol–water partition coefficient (Wildman–Crippen LogP) is -8.57. The van der Waals surface area contributed by atoms with Gasteiger partial charge >= 0.3 is 0 Å². The second-order valence-corrected chi connectivity index (χ2v) is 33.2. The van der Waals surface area contributed by atoms with Crippen molar-refractivity contribution in [2.24, 2.45) is 159 Å². The number of hydrogen-bond donors (Lipinski definition) is 22. The molecule has 0 aliphatic rings. The smallest absolute Gasteiger partial charge is 0.0637 e. The van der Waals surface area contributed by atoms with E-state index in [2.05, 4.69) is 0 Å². The second-order valence-electron chi connectivity index (χ2n) is 33.2. The van der Waals surface area contributed by atoms with Crippen molar-refractivity contribution < 1.29 is 109 Å². The Labute approximate surface area is 763 Å². The number of hydrogen-bond acceptors (Lipinski definition) is 45. The lowest BCUT2D eigenvalue weighted by Crippen LogP contribution is -2.46. The Hall–Kier alpha value is -1.80. The maximum atomic E-state index is 6.28. The lowest BCUT2D eigenvalue weighted by Gasteiger charge is -2.36. The van der Waals surface area contributed by atoms with Crippen LogP contribution >= 0.6 is 0 Å². The zero-order valence-corrected chi connectivity index (χ0v) is 80.1. The van der Waals surface area contributed by atoms with Crippen molar-refractivity contribution >= 4 is 0 Å². The molecule has 0 bridgehead atoms. The van der Waals surface area contributed by atoms with Gasteiger partial charge in [0.1, 0.15) is 0 Å². The maximum Gasteiger partial charge on any atom is 0.0637 e. The Balaban J connectivity index is -0.000000495. The normalized spacial score (nSPS) is 15.0. The quantitative estimate of drug-likeness (QED) is 0.0252. The summed E-state index contributed by atoms with van der Waals surface area (Å²) in [6.07, 6.45) is 0. The number of rotatable bonds is 92. The van der Waals surface area contributed by atoms with Gasteiger partial charge in [-0.1, -0.05) is 0 Å². The second kappa shape index (κ2) is 94.6. The summed E-state index contributed by atoms with van der Waals surface area (Å²) in [7, 11) is 0. The van der Waals surface area contributed by atoms with Gasteiger partial charge in [-0.3, -0.25) is 0 Å². The van der Waals surface area contributed by atoms with Crippen LogP contribution in [0.2, 0.25) is 0 Å². The van der Waals surface area contributed by atoms with E-state index in [0.29, 0.717) is 396 Å². The van der Waals surface area contributed by atoms with E-state index < -0.39 is 32.5 Å². The van der Waals surface area contributed by atoms with Crippen LogP contribution in [0.25, 0.3) is 0 Å². The lowest BCUT2D eigenvalue weighted by atomic mass is 9.90. The molecule has 44 N–H and O–H groups in total. The van der Waals surface area contributed by atoms with E-state index >= 15 is 0 Å². The van der Waals surface area contributed by atoms with Gasteiger partial charge in [0.05, 0.1) is 336 Å². The fraction of sp³-hybridized carbons (Fsp3) is 1.00. The SMILES string of the molecule is CC(N)COCC(COCC(C)N)(COCC(C)N)COCC(C)N.CC(N)COCC(COCC(C)N)(COCC(C)N)COCC(C)N.NCCOCC(COCCN)(COCCN)COCC(COCCN)(COCCN)COCCN.NCCOCC(COCCN)(COCCN)COCCN.NCCOCC(COCCN)(COCCN)COCCN. The minimum Gasteiger partial charge on any atom is -0.380 e. The van der Waals surface area contributed by atoms with Gasteiger partial charge in [-0.15, -0.1) is 0 Å². The third-order valence-corrected chi connectivity index (χ3v) is 16.5. The Morgan fingerprint density at radius 1 is 0.126 bits per heavy atom. The van der Waals surface area contributed by atoms with Gasteiger partial charge in [-0.05, 0) is 55.4 Å². The molecule has 0 aromatic rings. The van der Waals surface area contributed by atoms with Gasteiger partial charge in [0.25, 0.3) is 0 Å². The van der Waals surface area contributed by atoms with E-state index in [1.54, 1.807) is 0 Å². The van der Waals surface area contributed by atoms with Crippen LogP contribution in [0.4, 0.5) is 0 Å². The summed E-state index contributed by atoms with van der Waals surface area (Å²) in [5.74, 6) is 0. The molecule has 772 valence electrons. The molecule has 0 aliphatic heterocycles. The first-order valence-corrected chi connectivity index (χ1v) is 45.0. The molecule has 45 heteroatoms. The van der Waals surface area contributed by atoms with Crippen LogP contribution in [-0.4, -0.2) is 444 Å². The van der Waals surface area contributed by atoms with Crippen molar-refractivity contribution in [3.63, 3.8) is 0 Å². The third-order valence-electron chi connectivity index (χ3n) is 16.5. The fourth-order valence-electron chi connectivity index (χ4n) is 10.9. The van der Waals surface area contributed by atoms with E-state index in [9.17, 15) is 0 Å². The molecular weight excluding hydrogens is 1660 g/mol. The van der Waals surface area contributed by atoms with Gasteiger partial charge < -0.3 is 235 Å². The van der Waals surface area contributed by atoms with Crippen LogP contribution in [0.5, 0.6) is 0 Å². The fourth-order valence-corrected chi connectivity index (χ4v) is 10.9. The summed E-state index contributed by atoms with van der Waals surface area (Å²) in [6, 6.07) is -0.351. The topological polar surface area (TPSA) is 785 Å². The van der Waals surface area contributed by atoms with Gasteiger partial charge in [-0.2, -0.15) is 0 Å². The molecule has 0 rings (SSSR count). The first-order chi connectivity index (χ1) is 60.9. The van der Waals surface area contributed by atoms with E-state index in [4.69, 9.17) is 235 Å². The third kappa shape index (κ3) is 86.8. The minimum atomic E-state index is -0.584. The molecule has 0 radical (unpaired) electrons. The van der Waals surface area contributed by atoms with Crippen molar-refractivity contribution in [3.8, 4) is 0 Å². The average molecular weight is 1860 g/mol. The molecule has 0 aliphatic carbocycles. The van der Waals surface area contributed by atoms with Gasteiger partial charge in [-0.25, -0.2) is 0 Å². The average Bonchev–Trinajstić information content (AvgIpc) is 0.858. The largest absolute Gasteiger partial charge is 0.380 e. The highest BCUT2D eigenvalue weighted by Crippen LogP contribution is 2.28. The molecule has 0 saturated carbocycles. The summed E-state index contributed by atoms with van der Waals surface area (Å²) in [5.41, 5.74) is 121. The highest BCUT2D eigenvalue weighted by molar-refractivity contribution is 4.87. The van der Waals surface area contributed by atoms with Crippen LogP contribution in [0.3, 0.4) is 0 Å². The van der Waals surface area contributed by atoms with Gasteiger partial charge in [0.15, 0.2) is 0 Å². The van der Waals surface area contributed by atoms with E-state index in [-0.39, 0.29) is 48.3 Å². The molecule has 8 unspecified atom stereocenters. The van der Waals surface area contributed by atoms with Gasteiger partial charge in [0.2, 0.25) is 0 Å². The summed E-state index contributed by atoms with van der Waals surface area (Å²) in [5, 5.41) is 0. The highest BCUT2D eigenvalue weighted by Gasteiger charge is 2.40. The Kier molecular flexibility index (Phi) is 99.5. The Bertz CT molecular complexity index is 1770. The molecule has 0 aromatic heterocycles. The van der Waals surface area contributed by atoms with Crippen molar-refractivity contribution in [3.05, 3.63) is 0 Å². The Morgan fingerprint density at radius 2 is 0.197 bits per heavy atom. The molecule has 45 nitrogen and oxygen atoms in total.